The van der Waals surface area contributed by atoms with Crippen LogP contribution in [-0.4, -0.2) is 12.8 Å². The minimum Gasteiger partial charge on any atom is -0.473 e. The van der Waals surface area contributed by atoms with Crippen LogP contribution in [0.25, 0.3) is 32.3 Å². The molecule has 0 aromatic heterocycles. The van der Waals surface area contributed by atoms with Crippen LogP contribution >= 0.6 is 0 Å². The highest BCUT2D eigenvalue weighted by molar-refractivity contribution is 6.14. The average molecular weight is 316 g/mol. The third-order valence-electron chi connectivity index (χ3n) is 4.16. The highest BCUT2D eigenvalue weighted by Gasteiger charge is 2.08. The fraction of sp³-hybridized carbons (Fsp3) is 0.0500. The van der Waals surface area contributed by atoms with Crippen LogP contribution in [0.4, 0.5) is 4.79 Å². The Morgan fingerprint density at radius 2 is 1.58 bits per heavy atom. The van der Waals surface area contributed by atoms with Gasteiger partial charge in [0.1, 0.15) is 5.75 Å². The number of hydrogen-bond donors (Lipinski definition) is 2. The summed E-state index contributed by atoms with van der Waals surface area (Å²) < 4.78 is 5.74. The number of urea groups is 1. The van der Waals surface area contributed by atoms with Crippen LogP contribution in [-0.2, 0) is 0 Å². The molecule has 4 aromatic carbocycles. The number of carbonyl (C=O) groups excluding carboxylic acids is 1. The highest BCUT2D eigenvalue weighted by atomic mass is 16.5. The van der Waals surface area contributed by atoms with E-state index in [4.69, 9.17) is 10.5 Å². The summed E-state index contributed by atoms with van der Waals surface area (Å²) in [5.74, 6) is 0.724. The molecule has 0 aliphatic heterocycles. The van der Waals surface area contributed by atoms with E-state index in [-0.39, 0.29) is 6.73 Å². The van der Waals surface area contributed by atoms with Crippen molar-refractivity contribution in [3.63, 3.8) is 0 Å². The lowest BCUT2D eigenvalue weighted by molar-refractivity contribution is 0.232. The van der Waals surface area contributed by atoms with Crippen molar-refractivity contribution in [2.75, 3.05) is 6.73 Å². The zero-order chi connectivity index (χ0) is 16.5. The van der Waals surface area contributed by atoms with Crippen LogP contribution < -0.4 is 15.8 Å². The van der Waals surface area contributed by atoms with Crippen LogP contribution in [0.1, 0.15) is 0 Å². The van der Waals surface area contributed by atoms with E-state index in [1.54, 1.807) is 0 Å². The van der Waals surface area contributed by atoms with Gasteiger partial charge in [0.15, 0.2) is 6.73 Å². The van der Waals surface area contributed by atoms with Crippen molar-refractivity contribution >= 4 is 38.3 Å². The molecule has 0 unspecified atom stereocenters. The molecule has 0 saturated heterocycles. The summed E-state index contributed by atoms with van der Waals surface area (Å²) >= 11 is 0. The predicted octanol–water partition coefficient (Wildman–Crippen LogP) is 4.15. The maximum absolute atomic E-state index is 10.8. The molecule has 0 aliphatic carbocycles. The normalized spacial score (nSPS) is 11.0. The van der Waals surface area contributed by atoms with Crippen molar-refractivity contribution in [1.29, 1.82) is 0 Å². The van der Waals surface area contributed by atoms with E-state index in [1.807, 2.05) is 24.3 Å². The Kier molecular flexibility index (Phi) is 3.43. The molecular formula is C20H16N2O2. The number of benzene rings is 4. The fourth-order valence-corrected chi connectivity index (χ4v) is 3.07. The standard InChI is InChI=1S/C20H16N2O2/c21-20(23)22-12-24-18-7-3-6-13-8-9-16-10-14-4-1-2-5-15(14)11-17(16)19(13)18/h1-11H,12H2,(H3,21,22,23). The molecule has 0 aliphatic rings. The minimum atomic E-state index is -0.605. The average Bonchev–Trinajstić information content (AvgIpc) is 2.59. The third kappa shape index (κ3) is 2.48. The van der Waals surface area contributed by atoms with E-state index in [0.717, 1.165) is 27.3 Å². The van der Waals surface area contributed by atoms with Gasteiger partial charge in [0.2, 0.25) is 0 Å². The summed E-state index contributed by atoms with van der Waals surface area (Å²) in [5, 5.41) is 9.25. The minimum absolute atomic E-state index is 0.0401. The van der Waals surface area contributed by atoms with Crippen LogP contribution in [0.2, 0.25) is 0 Å². The molecule has 4 aromatic rings. The van der Waals surface area contributed by atoms with E-state index in [9.17, 15) is 4.79 Å². The van der Waals surface area contributed by atoms with Crippen molar-refractivity contribution < 1.29 is 9.53 Å². The summed E-state index contributed by atoms with van der Waals surface area (Å²) in [7, 11) is 0. The van der Waals surface area contributed by atoms with Gasteiger partial charge in [-0.15, -0.1) is 0 Å². The monoisotopic (exact) mass is 316 g/mol. The van der Waals surface area contributed by atoms with Gasteiger partial charge in [-0.3, -0.25) is 0 Å². The van der Waals surface area contributed by atoms with Gasteiger partial charge in [-0.2, -0.15) is 0 Å². The molecular weight excluding hydrogens is 300 g/mol. The smallest absolute Gasteiger partial charge is 0.314 e. The lowest BCUT2D eigenvalue weighted by Crippen LogP contribution is -2.32. The molecule has 24 heavy (non-hydrogen) atoms. The maximum atomic E-state index is 10.8. The van der Waals surface area contributed by atoms with Crippen LogP contribution in [0.15, 0.2) is 66.7 Å². The SMILES string of the molecule is NC(=O)NCOc1cccc2ccc3cc4ccccc4cc3c12. The zero-order valence-corrected chi connectivity index (χ0v) is 13.0. The number of fused-ring (bicyclic) bond motifs is 4. The van der Waals surface area contributed by atoms with E-state index >= 15 is 0 Å². The molecule has 118 valence electrons. The molecule has 3 N–H and O–H groups in total. The van der Waals surface area contributed by atoms with Crippen molar-refractivity contribution in [3.05, 3.63) is 66.7 Å². The van der Waals surface area contributed by atoms with E-state index in [2.05, 4.69) is 47.8 Å². The van der Waals surface area contributed by atoms with Gasteiger partial charge in [0.25, 0.3) is 0 Å². The molecule has 0 atom stereocenters. The van der Waals surface area contributed by atoms with Gasteiger partial charge in [-0.25, -0.2) is 4.79 Å². The second kappa shape index (κ2) is 5.74. The van der Waals surface area contributed by atoms with Crippen LogP contribution in [0, 0.1) is 0 Å². The molecule has 4 rings (SSSR count). The lowest BCUT2D eigenvalue weighted by Gasteiger charge is -2.12. The first-order valence-corrected chi connectivity index (χ1v) is 7.73. The molecule has 0 heterocycles. The second-order valence-electron chi connectivity index (χ2n) is 5.67. The lowest BCUT2D eigenvalue weighted by atomic mass is 9.98. The van der Waals surface area contributed by atoms with E-state index in [0.29, 0.717) is 0 Å². The van der Waals surface area contributed by atoms with Crippen molar-refractivity contribution in [2.24, 2.45) is 5.73 Å². The Hall–Kier alpha value is -3.27. The van der Waals surface area contributed by atoms with Gasteiger partial charge < -0.3 is 15.8 Å². The fourth-order valence-electron chi connectivity index (χ4n) is 3.07. The quantitative estimate of drug-likeness (QED) is 0.339. The Balaban J connectivity index is 1.94. The number of hydrogen-bond acceptors (Lipinski definition) is 2. The Bertz CT molecular complexity index is 1070. The molecule has 4 nitrogen and oxygen atoms in total. The maximum Gasteiger partial charge on any atom is 0.314 e. The van der Waals surface area contributed by atoms with Gasteiger partial charge in [-0.05, 0) is 45.1 Å². The highest BCUT2D eigenvalue weighted by Crippen LogP contribution is 2.35. The topological polar surface area (TPSA) is 64.4 Å². The first-order chi connectivity index (χ1) is 11.7. The number of amides is 2. The van der Waals surface area contributed by atoms with Gasteiger partial charge in [0, 0.05) is 5.39 Å². The summed E-state index contributed by atoms with van der Waals surface area (Å²) in [6.45, 7) is 0.0401. The summed E-state index contributed by atoms with van der Waals surface area (Å²) in [6, 6.07) is 22.1. The van der Waals surface area contributed by atoms with Crippen molar-refractivity contribution in [1.82, 2.24) is 5.32 Å². The van der Waals surface area contributed by atoms with Crippen molar-refractivity contribution in [3.8, 4) is 5.75 Å². The molecule has 0 spiro atoms. The first-order valence-electron chi connectivity index (χ1n) is 7.73. The van der Waals surface area contributed by atoms with Gasteiger partial charge in [0.05, 0.1) is 0 Å². The number of nitrogens with two attached hydrogens (primary N) is 1. The Morgan fingerprint density at radius 1 is 0.875 bits per heavy atom. The number of ether oxygens (including phenoxy) is 1. The summed E-state index contributed by atoms with van der Waals surface area (Å²) in [4.78, 5) is 10.8. The van der Waals surface area contributed by atoms with Gasteiger partial charge >= 0.3 is 6.03 Å². The largest absolute Gasteiger partial charge is 0.473 e. The van der Waals surface area contributed by atoms with E-state index in [1.165, 1.54) is 10.8 Å². The number of carbonyl (C=O) groups is 1. The predicted molar refractivity (Wildman–Crippen MR) is 97.2 cm³/mol. The molecule has 4 heteroatoms. The number of rotatable bonds is 3. The molecule has 0 fully saturated rings. The van der Waals surface area contributed by atoms with Crippen LogP contribution in [0.5, 0.6) is 5.75 Å². The van der Waals surface area contributed by atoms with Crippen molar-refractivity contribution in [2.45, 2.75) is 0 Å². The Morgan fingerprint density at radius 3 is 2.38 bits per heavy atom. The van der Waals surface area contributed by atoms with Gasteiger partial charge in [-0.1, -0.05) is 48.5 Å². The second-order valence-corrected chi connectivity index (χ2v) is 5.67. The zero-order valence-electron chi connectivity index (χ0n) is 13.0. The van der Waals surface area contributed by atoms with Crippen LogP contribution in [0.3, 0.4) is 0 Å². The Labute approximate surface area is 138 Å². The first kappa shape index (κ1) is 14.3. The number of nitrogens with one attached hydrogen (secondary N) is 1. The van der Waals surface area contributed by atoms with E-state index < -0.39 is 6.03 Å². The molecule has 0 saturated carbocycles. The number of primary amides is 1. The molecule has 0 bridgehead atoms. The third-order valence-corrected chi connectivity index (χ3v) is 4.16. The molecule has 0 radical (unpaired) electrons. The summed E-state index contributed by atoms with van der Waals surface area (Å²) in [5.41, 5.74) is 5.09. The summed E-state index contributed by atoms with van der Waals surface area (Å²) in [6.07, 6.45) is 0. The molecule has 2 amide bonds.